The number of rotatable bonds is 3. The Morgan fingerprint density at radius 3 is 2.57 bits per heavy atom. The Bertz CT molecular complexity index is 355. The fourth-order valence-corrected chi connectivity index (χ4v) is 1.91. The Morgan fingerprint density at radius 1 is 1.64 bits per heavy atom. The molecule has 14 heavy (non-hydrogen) atoms. The van der Waals surface area contributed by atoms with E-state index in [2.05, 4.69) is 0 Å². The molecule has 1 aromatic heterocycles. The molecule has 1 rings (SSSR count). The summed E-state index contributed by atoms with van der Waals surface area (Å²) >= 11 is 6.34. The molecule has 0 aliphatic carbocycles. The lowest BCUT2D eigenvalue weighted by Crippen LogP contribution is -2.39. The lowest BCUT2D eigenvalue weighted by Gasteiger charge is -2.17. The van der Waals surface area contributed by atoms with Gasteiger partial charge in [0.15, 0.2) is 0 Å². The van der Waals surface area contributed by atoms with E-state index in [0.29, 0.717) is 0 Å². The van der Waals surface area contributed by atoms with Gasteiger partial charge in [0, 0.05) is 4.88 Å². The number of thiophene rings is 1. The van der Waals surface area contributed by atoms with Crippen LogP contribution in [0.25, 0.3) is 0 Å². The molecule has 0 bridgehead atoms. The van der Waals surface area contributed by atoms with Gasteiger partial charge in [-0.1, -0.05) is 11.6 Å². The van der Waals surface area contributed by atoms with E-state index in [-0.39, 0.29) is 9.21 Å². The molecular formula is C7H6ClF2NO2S. The topological polar surface area (TPSA) is 63.3 Å². The van der Waals surface area contributed by atoms with Gasteiger partial charge in [-0.2, -0.15) is 8.78 Å². The standard InChI is InChI=1S/C7H6ClF2NO2S/c8-4-2-1-3(14-4)5(11)7(9,10)6(12)13/h1-2,5H,11H2,(H,12,13). The van der Waals surface area contributed by atoms with E-state index in [9.17, 15) is 13.6 Å². The number of carboxylic acid groups (broad SMARTS) is 1. The molecule has 1 heterocycles. The van der Waals surface area contributed by atoms with Crippen molar-refractivity contribution in [1.29, 1.82) is 0 Å². The fraction of sp³-hybridized carbons (Fsp3) is 0.286. The number of hydrogen-bond donors (Lipinski definition) is 2. The van der Waals surface area contributed by atoms with Crippen molar-refractivity contribution in [1.82, 2.24) is 0 Å². The van der Waals surface area contributed by atoms with Crippen molar-refractivity contribution in [3.05, 3.63) is 21.3 Å². The minimum atomic E-state index is -3.98. The van der Waals surface area contributed by atoms with E-state index in [1.807, 2.05) is 0 Å². The number of carboxylic acids is 1. The van der Waals surface area contributed by atoms with Crippen LogP contribution in [-0.4, -0.2) is 17.0 Å². The van der Waals surface area contributed by atoms with Crippen LogP contribution >= 0.6 is 22.9 Å². The second-order valence-corrected chi connectivity index (χ2v) is 4.29. The maximum atomic E-state index is 12.9. The van der Waals surface area contributed by atoms with Gasteiger partial charge in [-0.15, -0.1) is 11.3 Å². The Kier molecular flexibility index (Phi) is 3.08. The average molecular weight is 242 g/mol. The number of aliphatic carboxylic acids is 1. The van der Waals surface area contributed by atoms with Crippen LogP contribution in [-0.2, 0) is 4.79 Å². The second-order valence-electron chi connectivity index (χ2n) is 2.55. The van der Waals surface area contributed by atoms with Crippen LogP contribution in [0.1, 0.15) is 10.9 Å². The monoisotopic (exact) mass is 241 g/mol. The average Bonchev–Trinajstić information content (AvgIpc) is 2.50. The van der Waals surface area contributed by atoms with Gasteiger partial charge in [-0.25, -0.2) is 4.79 Å². The van der Waals surface area contributed by atoms with Crippen molar-refractivity contribution in [2.24, 2.45) is 5.73 Å². The Labute approximate surface area is 87.1 Å². The molecule has 0 fully saturated rings. The van der Waals surface area contributed by atoms with Gasteiger partial charge in [0.2, 0.25) is 0 Å². The largest absolute Gasteiger partial charge is 0.477 e. The molecule has 0 spiro atoms. The van der Waals surface area contributed by atoms with E-state index in [4.69, 9.17) is 22.4 Å². The molecule has 1 unspecified atom stereocenters. The zero-order valence-electron chi connectivity index (χ0n) is 6.71. The highest BCUT2D eigenvalue weighted by Crippen LogP contribution is 2.34. The normalized spacial score (nSPS) is 14.0. The smallest absolute Gasteiger partial charge is 0.376 e. The first-order chi connectivity index (χ1) is 6.35. The summed E-state index contributed by atoms with van der Waals surface area (Å²) in [5, 5.41) is 8.22. The maximum absolute atomic E-state index is 12.9. The summed E-state index contributed by atoms with van der Waals surface area (Å²) in [6.07, 6.45) is 0. The predicted molar refractivity (Wildman–Crippen MR) is 48.8 cm³/mol. The Hall–Kier alpha value is -0.720. The first-order valence-corrected chi connectivity index (χ1v) is 4.67. The van der Waals surface area contributed by atoms with Crippen LogP contribution in [0.2, 0.25) is 4.34 Å². The Balaban J connectivity index is 2.95. The molecule has 0 amide bonds. The van der Waals surface area contributed by atoms with Gasteiger partial charge in [0.1, 0.15) is 6.04 Å². The van der Waals surface area contributed by atoms with Gasteiger partial charge in [-0.05, 0) is 12.1 Å². The minimum Gasteiger partial charge on any atom is -0.477 e. The molecule has 78 valence electrons. The summed E-state index contributed by atoms with van der Waals surface area (Å²) in [4.78, 5) is 10.2. The lowest BCUT2D eigenvalue weighted by molar-refractivity contribution is -0.168. The first-order valence-electron chi connectivity index (χ1n) is 3.47. The van der Waals surface area contributed by atoms with Crippen LogP contribution in [0.3, 0.4) is 0 Å². The van der Waals surface area contributed by atoms with Crippen LogP contribution in [0.4, 0.5) is 8.78 Å². The summed E-state index contributed by atoms with van der Waals surface area (Å²) in [6.45, 7) is 0. The molecule has 1 atom stereocenters. The third-order valence-corrected chi connectivity index (χ3v) is 2.89. The van der Waals surface area contributed by atoms with E-state index < -0.39 is 17.9 Å². The van der Waals surface area contributed by atoms with Crippen molar-refractivity contribution < 1.29 is 18.7 Å². The minimum absolute atomic E-state index is 0.0439. The van der Waals surface area contributed by atoms with Crippen LogP contribution in [0, 0.1) is 0 Å². The van der Waals surface area contributed by atoms with Crippen LogP contribution in [0.5, 0.6) is 0 Å². The molecule has 0 aromatic carbocycles. The number of halogens is 3. The summed E-state index contributed by atoms with van der Waals surface area (Å²) in [6, 6.07) is 0.811. The van der Waals surface area contributed by atoms with Gasteiger partial charge in [0.05, 0.1) is 4.34 Å². The number of alkyl halides is 2. The SMILES string of the molecule is NC(c1ccc(Cl)s1)C(F)(F)C(=O)O. The van der Waals surface area contributed by atoms with Crippen molar-refractivity contribution in [3.63, 3.8) is 0 Å². The Morgan fingerprint density at radius 2 is 2.21 bits per heavy atom. The highest BCUT2D eigenvalue weighted by atomic mass is 35.5. The molecule has 3 N–H and O–H groups in total. The fourth-order valence-electron chi connectivity index (χ4n) is 0.807. The molecule has 1 aromatic rings. The van der Waals surface area contributed by atoms with Crippen molar-refractivity contribution in [2.45, 2.75) is 12.0 Å². The molecule has 0 saturated heterocycles. The highest BCUT2D eigenvalue weighted by Gasteiger charge is 2.47. The molecule has 0 aliphatic heterocycles. The summed E-state index contributed by atoms with van der Waals surface area (Å²) in [5.74, 6) is -6.22. The number of hydrogen-bond acceptors (Lipinski definition) is 3. The lowest BCUT2D eigenvalue weighted by atomic mass is 10.1. The summed E-state index contributed by atoms with van der Waals surface area (Å²) in [7, 11) is 0. The van der Waals surface area contributed by atoms with E-state index in [1.165, 1.54) is 12.1 Å². The third-order valence-electron chi connectivity index (χ3n) is 1.58. The molecular weight excluding hydrogens is 236 g/mol. The van der Waals surface area contributed by atoms with Crippen molar-refractivity contribution >= 4 is 28.9 Å². The van der Waals surface area contributed by atoms with Crippen molar-refractivity contribution in [2.75, 3.05) is 0 Å². The van der Waals surface area contributed by atoms with Crippen LogP contribution < -0.4 is 5.73 Å². The quantitative estimate of drug-likeness (QED) is 0.852. The molecule has 3 nitrogen and oxygen atoms in total. The number of carbonyl (C=O) groups is 1. The summed E-state index contributed by atoms with van der Waals surface area (Å²) in [5.41, 5.74) is 5.11. The first kappa shape index (κ1) is 11.4. The molecule has 0 radical (unpaired) electrons. The third kappa shape index (κ3) is 2.02. The van der Waals surface area contributed by atoms with Gasteiger partial charge in [0.25, 0.3) is 0 Å². The van der Waals surface area contributed by atoms with Gasteiger partial charge < -0.3 is 10.8 Å². The van der Waals surface area contributed by atoms with Crippen molar-refractivity contribution in [3.8, 4) is 0 Å². The second kappa shape index (κ2) is 3.80. The van der Waals surface area contributed by atoms with Crippen LogP contribution in [0.15, 0.2) is 12.1 Å². The highest BCUT2D eigenvalue weighted by molar-refractivity contribution is 7.16. The molecule has 0 aliphatic rings. The van der Waals surface area contributed by atoms with E-state index in [1.54, 1.807) is 0 Å². The van der Waals surface area contributed by atoms with Gasteiger partial charge >= 0.3 is 11.9 Å². The van der Waals surface area contributed by atoms with E-state index >= 15 is 0 Å². The molecule has 0 saturated carbocycles. The zero-order chi connectivity index (χ0) is 10.9. The maximum Gasteiger partial charge on any atom is 0.376 e. The molecule has 7 heteroatoms. The van der Waals surface area contributed by atoms with Gasteiger partial charge in [-0.3, -0.25) is 0 Å². The summed E-state index contributed by atoms with van der Waals surface area (Å²) < 4.78 is 26.0. The predicted octanol–water partition coefficient (Wildman–Crippen LogP) is 2.12. The number of nitrogens with two attached hydrogens (primary N) is 1. The van der Waals surface area contributed by atoms with E-state index in [0.717, 1.165) is 11.3 Å². The zero-order valence-corrected chi connectivity index (χ0v) is 8.28.